The van der Waals surface area contributed by atoms with Gasteiger partial charge < -0.3 is 4.90 Å². The molecule has 1 heterocycles. The number of guanidine groups is 1. The zero-order valence-electron chi connectivity index (χ0n) is 9.94. The molecule has 1 aromatic carbocycles. The van der Waals surface area contributed by atoms with Crippen molar-refractivity contribution in [1.29, 1.82) is 0 Å². The predicted octanol–water partition coefficient (Wildman–Crippen LogP) is 2.05. The van der Waals surface area contributed by atoms with E-state index in [1.165, 1.54) is 0 Å². The smallest absolute Gasteiger partial charge is 0.226 e. The van der Waals surface area contributed by atoms with Gasteiger partial charge in [-0.25, -0.2) is 9.98 Å². The number of Topliss-reactive ketones (excluding diaryl/α,β-unsaturated/α-hetero) is 1. The number of aliphatic imine (C=N–C) groups is 2. The molecule has 0 atom stereocenters. The zero-order valence-corrected chi connectivity index (χ0v) is 10.7. The van der Waals surface area contributed by atoms with Gasteiger partial charge in [-0.1, -0.05) is 35.9 Å². The van der Waals surface area contributed by atoms with Crippen molar-refractivity contribution in [1.82, 2.24) is 4.90 Å². The van der Waals surface area contributed by atoms with Crippen molar-refractivity contribution in [2.24, 2.45) is 9.98 Å². The van der Waals surface area contributed by atoms with Crippen molar-refractivity contribution in [2.75, 3.05) is 14.1 Å². The second-order valence-electron chi connectivity index (χ2n) is 4.30. The first-order valence-corrected chi connectivity index (χ1v) is 5.86. The zero-order chi connectivity index (χ0) is 12.9. The number of nitrogens with zero attached hydrogens (tertiary/aromatic N) is 3. The van der Waals surface area contributed by atoms with Crippen LogP contribution in [0.2, 0.25) is 0 Å². The van der Waals surface area contributed by atoms with Gasteiger partial charge in [0.15, 0.2) is 0 Å². The maximum Gasteiger partial charge on any atom is 0.226 e. The lowest BCUT2D eigenvalue weighted by molar-refractivity contribution is 0.104. The molecule has 0 unspecified atom stereocenters. The number of fused-ring (bicyclic) bond motifs is 3. The predicted molar refractivity (Wildman–Crippen MR) is 71.3 cm³/mol. The highest BCUT2D eigenvalue weighted by atomic mass is 35.5. The molecule has 2 aliphatic rings. The largest absolute Gasteiger partial charge is 0.347 e. The Balaban J connectivity index is 2.26. The Kier molecular flexibility index (Phi) is 2.35. The molecule has 18 heavy (non-hydrogen) atoms. The minimum atomic E-state index is -0.190. The van der Waals surface area contributed by atoms with Gasteiger partial charge in [0, 0.05) is 25.2 Å². The Hall–Kier alpha value is -1.94. The van der Waals surface area contributed by atoms with Crippen LogP contribution < -0.4 is 0 Å². The topological polar surface area (TPSA) is 45.0 Å². The number of hydrogen-bond acceptors (Lipinski definition) is 4. The summed E-state index contributed by atoms with van der Waals surface area (Å²) in [5.41, 5.74) is 2.53. The third-order valence-corrected chi connectivity index (χ3v) is 3.23. The lowest BCUT2D eigenvalue weighted by Gasteiger charge is -2.14. The van der Waals surface area contributed by atoms with Gasteiger partial charge in [-0.3, -0.25) is 4.79 Å². The van der Waals surface area contributed by atoms with Gasteiger partial charge >= 0.3 is 0 Å². The van der Waals surface area contributed by atoms with Gasteiger partial charge in [-0.15, -0.1) is 0 Å². The maximum absolute atomic E-state index is 12.1. The fraction of sp³-hybridized carbons (Fsp3) is 0.154. The fourth-order valence-corrected chi connectivity index (χ4v) is 2.22. The third kappa shape index (κ3) is 1.42. The van der Waals surface area contributed by atoms with E-state index in [4.69, 9.17) is 11.6 Å². The summed E-state index contributed by atoms with van der Waals surface area (Å²) in [6, 6.07) is 7.31. The lowest BCUT2D eigenvalue weighted by Crippen LogP contribution is -2.19. The second-order valence-corrected chi connectivity index (χ2v) is 4.68. The molecule has 0 saturated heterocycles. The van der Waals surface area contributed by atoms with E-state index in [0.29, 0.717) is 22.9 Å². The SMILES string of the molecule is CN(C)C1=NC2=C(Cl)C(=O)c3ccccc3C2=N1. The number of carbonyl (C=O) groups excluding carboxylic acids is 1. The first kappa shape index (κ1) is 11.2. The highest BCUT2D eigenvalue weighted by Gasteiger charge is 2.33. The van der Waals surface area contributed by atoms with E-state index in [1.54, 1.807) is 11.0 Å². The molecule has 0 saturated carbocycles. The first-order valence-electron chi connectivity index (χ1n) is 5.48. The number of carbonyl (C=O) groups is 1. The van der Waals surface area contributed by atoms with E-state index in [1.807, 2.05) is 32.3 Å². The van der Waals surface area contributed by atoms with Crippen molar-refractivity contribution in [3.63, 3.8) is 0 Å². The van der Waals surface area contributed by atoms with Gasteiger partial charge in [0.25, 0.3) is 0 Å². The molecular weight excluding hydrogens is 250 g/mol. The highest BCUT2D eigenvalue weighted by Crippen LogP contribution is 2.32. The lowest BCUT2D eigenvalue weighted by atomic mass is 9.92. The fourth-order valence-electron chi connectivity index (χ4n) is 1.99. The van der Waals surface area contributed by atoms with Gasteiger partial charge in [0.2, 0.25) is 11.7 Å². The number of ketones is 1. The normalized spacial score (nSPS) is 17.2. The van der Waals surface area contributed by atoms with Crippen LogP contribution in [0.3, 0.4) is 0 Å². The molecular formula is C13H10ClN3O. The summed E-state index contributed by atoms with van der Waals surface area (Å²) in [7, 11) is 3.70. The summed E-state index contributed by atoms with van der Waals surface area (Å²) < 4.78 is 0. The molecule has 1 aliphatic heterocycles. The Morgan fingerprint density at radius 3 is 2.44 bits per heavy atom. The summed E-state index contributed by atoms with van der Waals surface area (Å²) in [5.74, 6) is 0.368. The average molecular weight is 260 g/mol. The number of hydrogen-bond donors (Lipinski definition) is 0. The Labute approximate surface area is 109 Å². The summed E-state index contributed by atoms with van der Waals surface area (Å²) in [6.07, 6.45) is 0. The molecule has 1 aliphatic carbocycles. The molecule has 0 N–H and O–H groups in total. The second kappa shape index (κ2) is 3.78. The van der Waals surface area contributed by atoms with Crippen LogP contribution in [0.4, 0.5) is 0 Å². The van der Waals surface area contributed by atoms with E-state index in [-0.39, 0.29) is 10.8 Å². The average Bonchev–Trinajstić information content (AvgIpc) is 2.81. The quantitative estimate of drug-likeness (QED) is 0.716. The van der Waals surface area contributed by atoms with Crippen molar-refractivity contribution in [3.8, 4) is 0 Å². The Bertz CT molecular complexity index is 656. The van der Waals surface area contributed by atoms with Crippen LogP contribution in [-0.2, 0) is 0 Å². The number of rotatable bonds is 0. The van der Waals surface area contributed by atoms with Crippen LogP contribution in [-0.4, -0.2) is 36.4 Å². The Morgan fingerprint density at radius 1 is 1.11 bits per heavy atom. The number of halogens is 1. The van der Waals surface area contributed by atoms with Crippen LogP contribution >= 0.6 is 11.6 Å². The van der Waals surface area contributed by atoms with Crippen molar-refractivity contribution in [3.05, 3.63) is 46.1 Å². The van der Waals surface area contributed by atoms with E-state index in [0.717, 1.165) is 5.56 Å². The molecule has 0 bridgehead atoms. The first-order chi connectivity index (χ1) is 8.59. The van der Waals surface area contributed by atoms with E-state index in [2.05, 4.69) is 9.98 Å². The number of benzene rings is 1. The van der Waals surface area contributed by atoms with Gasteiger partial charge in [0.05, 0.1) is 0 Å². The van der Waals surface area contributed by atoms with E-state index < -0.39 is 0 Å². The molecule has 0 spiro atoms. The molecule has 5 heteroatoms. The molecule has 0 amide bonds. The van der Waals surface area contributed by atoms with Crippen LogP contribution in [0.25, 0.3) is 0 Å². The van der Waals surface area contributed by atoms with Crippen molar-refractivity contribution in [2.45, 2.75) is 0 Å². The third-order valence-electron chi connectivity index (χ3n) is 2.88. The minimum Gasteiger partial charge on any atom is -0.347 e. The molecule has 0 fully saturated rings. The van der Waals surface area contributed by atoms with Crippen LogP contribution in [0.15, 0.2) is 45.0 Å². The minimum absolute atomic E-state index is 0.143. The molecule has 3 rings (SSSR count). The van der Waals surface area contributed by atoms with Crippen molar-refractivity contribution < 1.29 is 4.79 Å². The van der Waals surface area contributed by atoms with E-state index >= 15 is 0 Å². The van der Waals surface area contributed by atoms with Crippen molar-refractivity contribution >= 4 is 29.1 Å². The van der Waals surface area contributed by atoms with Gasteiger partial charge in [-0.2, -0.15) is 0 Å². The molecule has 1 aromatic rings. The van der Waals surface area contributed by atoms with Crippen LogP contribution in [0.5, 0.6) is 0 Å². The highest BCUT2D eigenvalue weighted by molar-refractivity contribution is 6.51. The van der Waals surface area contributed by atoms with Gasteiger partial charge in [0.1, 0.15) is 16.4 Å². The Morgan fingerprint density at radius 2 is 1.78 bits per heavy atom. The van der Waals surface area contributed by atoms with Crippen LogP contribution in [0.1, 0.15) is 15.9 Å². The van der Waals surface area contributed by atoms with Crippen LogP contribution in [0, 0.1) is 0 Å². The molecule has 4 nitrogen and oxygen atoms in total. The monoisotopic (exact) mass is 259 g/mol. The van der Waals surface area contributed by atoms with E-state index in [9.17, 15) is 4.79 Å². The molecule has 0 aromatic heterocycles. The summed E-state index contributed by atoms with van der Waals surface area (Å²) in [4.78, 5) is 22.6. The number of allylic oxidation sites excluding steroid dienone is 2. The maximum atomic E-state index is 12.1. The molecule has 0 radical (unpaired) electrons. The standard InChI is InChI=1S/C13H10ClN3O/c1-17(2)13-15-10-7-5-3-4-6-8(7)12(18)9(14)11(10)16-13/h3-6H,1-2H3. The summed E-state index contributed by atoms with van der Waals surface area (Å²) in [5, 5.41) is 0.143. The molecule has 90 valence electrons. The summed E-state index contributed by atoms with van der Waals surface area (Å²) >= 11 is 6.09. The summed E-state index contributed by atoms with van der Waals surface area (Å²) in [6.45, 7) is 0. The van der Waals surface area contributed by atoms with Gasteiger partial charge in [-0.05, 0) is 0 Å².